The van der Waals surface area contributed by atoms with E-state index in [-0.39, 0.29) is 35.6 Å². The maximum atomic E-state index is 13.6. The number of ether oxygens (including phenoxy) is 1. The molecule has 27 heavy (non-hydrogen) atoms. The van der Waals surface area contributed by atoms with Gasteiger partial charge in [0, 0.05) is 38.7 Å². The van der Waals surface area contributed by atoms with E-state index in [1.807, 2.05) is 19.9 Å². The van der Waals surface area contributed by atoms with Gasteiger partial charge in [0.05, 0.1) is 12.5 Å². The molecule has 1 aliphatic rings. The van der Waals surface area contributed by atoms with Crippen LogP contribution in [0, 0.1) is 18.7 Å². The van der Waals surface area contributed by atoms with Gasteiger partial charge in [0.1, 0.15) is 5.82 Å². The number of halogens is 1. The number of piperidine rings is 1. The van der Waals surface area contributed by atoms with Crippen LogP contribution in [0.15, 0.2) is 18.2 Å². The second-order valence-corrected chi connectivity index (χ2v) is 7.43. The Morgan fingerprint density at radius 2 is 2.07 bits per heavy atom. The van der Waals surface area contributed by atoms with Gasteiger partial charge in [-0.05, 0) is 44.4 Å². The van der Waals surface area contributed by atoms with Crippen molar-refractivity contribution in [1.82, 2.24) is 15.5 Å². The van der Waals surface area contributed by atoms with Gasteiger partial charge in [-0.2, -0.15) is 0 Å². The molecule has 2 N–H and O–H groups in total. The van der Waals surface area contributed by atoms with Crippen molar-refractivity contribution in [3.05, 3.63) is 35.1 Å². The fourth-order valence-electron chi connectivity index (χ4n) is 3.38. The maximum Gasteiger partial charge on any atom is 0.317 e. The van der Waals surface area contributed by atoms with Crippen LogP contribution in [0.2, 0.25) is 0 Å². The summed E-state index contributed by atoms with van der Waals surface area (Å²) in [6, 6.07) is 4.84. The number of likely N-dealkylation sites (tertiary alicyclic amines) is 1. The highest BCUT2D eigenvalue weighted by molar-refractivity contribution is 5.81. The van der Waals surface area contributed by atoms with Crippen molar-refractivity contribution in [3.63, 3.8) is 0 Å². The Morgan fingerprint density at radius 1 is 1.33 bits per heavy atom. The zero-order valence-electron chi connectivity index (χ0n) is 16.5. The van der Waals surface area contributed by atoms with Crippen molar-refractivity contribution in [3.8, 4) is 0 Å². The van der Waals surface area contributed by atoms with Crippen molar-refractivity contribution in [1.29, 1.82) is 0 Å². The minimum absolute atomic E-state index is 0.0138. The number of aryl methyl sites for hydroxylation is 1. The summed E-state index contributed by atoms with van der Waals surface area (Å²) in [4.78, 5) is 26.8. The molecule has 0 aliphatic carbocycles. The highest BCUT2D eigenvalue weighted by Gasteiger charge is 2.34. The Kier molecular flexibility index (Phi) is 7.59. The summed E-state index contributed by atoms with van der Waals surface area (Å²) in [5.41, 5.74) is 1.52. The first kappa shape index (κ1) is 21.2. The number of carbonyl (C=O) groups excluding carboxylic acids is 2. The summed E-state index contributed by atoms with van der Waals surface area (Å²) < 4.78 is 18.6. The van der Waals surface area contributed by atoms with E-state index in [1.165, 1.54) is 6.07 Å². The monoisotopic (exact) mass is 379 g/mol. The third-order valence-electron chi connectivity index (χ3n) is 4.78. The van der Waals surface area contributed by atoms with Gasteiger partial charge in [-0.3, -0.25) is 4.79 Å². The summed E-state index contributed by atoms with van der Waals surface area (Å²) in [5, 5.41) is 5.76. The number of carbonyl (C=O) groups is 2. The molecule has 1 aromatic carbocycles. The molecule has 2 rings (SSSR count). The van der Waals surface area contributed by atoms with E-state index in [1.54, 1.807) is 25.0 Å². The molecule has 3 amide bonds. The zero-order valence-corrected chi connectivity index (χ0v) is 16.5. The number of benzene rings is 1. The van der Waals surface area contributed by atoms with E-state index >= 15 is 0 Å². The molecule has 1 fully saturated rings. The summed E-state index contributed by atoms with van der Waals surface area (Å²) >= 11 is 0. The molecule has 1 aromatic rings. The Bertz CT molecular complexity index is 666. The van der Waals surface area contributed by atoms with Gasteiger partial charge in [-0.15, -0.1) is 0 Å². The second-order valence-electron chi connectivity index (χ2n) is 7.43. The molecular weight excluding hydrogens is 349 g/mol. The smallest absolute Gasteiger partial charge is 0.317 e. The number of hydrogen-bond acceptors (Lipinski definition) is 3. The van der Waals surface area contributed by atoms with Gasteiger partial charge in [0.2, 0.25) is 5.91 Å². The standard InChI is InChI=1S/C20H30FN3O3/c1-13(2)23-20(26)24-11-16(15-5-6-18(21)14(3)9-15)10-17(12-24)19(25)22-7-8-27-4/h5-6,9,13,16-17H,7-8,10-12H2,1-4H3,(H,22,25)(H,23,26)/t16-,17-/m1/s1. The molecule has 1 saturated heterocycles. The van der Waals surface area contributed by atoms with Gasteiger partial charge in [0.15, 0.2) is 0 Å². The summed E-state index contributed by atoms with van der Waals surface area (Å²) in [7, 11) is 1.58. The molecule has 0 aromatic heterocycles. The minimum Gasteiger partial charge on any atom is -0.383 e. The van der Waals surface area contributed by atoms with Gasteiger partial charge < -0.3 is 20.3 Å². The lowest BCUT2D eigenvalue weighted by Gasteiger charge is -2.38. The van der Waals surface area contributed by atoms with E-state index < -0.39 is 0 Å². The van der Waals surface area contributed by atoms with Crippen molar-refractivity contribution in [2.24, 2.45) is 5.92 Å². The van der Waals surface area contributed by atoms with Crippen molar-refractivity contribution in [2.75, 3.05) is 33.4 Å². The third-order valence-corrected chi connectivity index (χ3v) is 4.78. The summed E-state index contributed by atoms with van der Waals surface area (Å²) in [6.07, 6.45) is 0.620. The number of urea groups is 1. The van der Waals surface area contributed by atoms with Gasteiger partial charge in [-0.25, -0.2) is 9.18 Å². The highest BCUT2D eigenvalue weighted by Crippen LogP contribution is 2.31. The lowest BCUT2D eigenvalue weighted by Crippen LogP contribution is -2.52. The molecule has 7 heteroatoms. The molecule has 150 valence electrons. The lowest BCUT2D eigenvalue weighted by atomic mass is 9.83. The zero-order chi connectivity index (χ0) is 20.0. The Labute approximate surface area is 160 Å². The van der Waals surface area contributed by atoms with Crippen LogP contribution in [-0.2, 0) is 9.53 Å². The van der Waals surface area contributed by atoms with Crippen LogP contribution >= 0.6 is 0 Å². The number of nitrogens with zero attached hydrogens (tertiary/aromatic N) is 1. The van der Waals surface area contributed by atoms with Crippen molar-refractivity contribution >= 4 is 11.9 Å². The number of methoxy groups -OCH3 is 1. The number of amides is 3. The lowest BCUT2D eigenvalue weighted by molar-refractivity contribution is -0.126. The van der Waals surface area contributed by atoms with Crippen LogP contribution in [-0.4, -0.2) is 56.2 Å². The normalized spacial score (nSPS) is 19.9. The van der Waals surface area contributed by atoms with Crippen LogP contribution in [0.25, 0.3) is 0 Å². The molecule has 1 heterocycles. The largest absolute Gasteiger partial charge is 0.383 e. The molecule has 2 atom stereocenters. The summed E-state index contributed by atoms with van der Waals surface area (Å²) in [5.74, 6) is -0.672. The topological polar surface area (TPSA) is 70.7 Å². The van der Waals surface area contributed by atoms with Gasteiger partial charge in [-0.1, -0.05) is 12.1 Å². The SMILES string of the molecule is COCCNC(=O)[C@@H]1C[C@@H](c2ccc(F)c(C)c2)CN(C(=O)NC(C)C)C1. The van der Waals surface area contributed by atoms with Crippen molar-refractivity contribution < 1.29 is 18.7 Å². The first-order chi connectivity index (χ1) is 12.8. The van der Waals surface area contributed by atoms with Crippen LogP contribution < -0.4 is 10.6 Å². The van der Waals surface area contributed by atoms with Gasteiger partial charge in [0.25, 0.3) is 0 Å². The minimum atomic E-state index is -0.316. The Balaban J connectivity index is 2.18. The van der Waals surface area contributed by atoms with E-state index in [0.717, 1.165) is 5.56 Å². The average molecular weight is 379 g/mol. The molecule has 0 unspecified atom stereocenters. The molecule has 6 nitrogen and oxygen atoms in total. The number of hydrogen-bond donors (Lipinski definition) is 2. The van der Waals surface area contributed by atoms with E-state index in [4.69, 9.17) is 4.74 Å². The van der Waals surface area contributed by atoms with E-state index in [0.29, 0.717) is 38.2 Å². The summed E-state index contributed by atoms with van der Waals surface area (Å²) in [6.45, 7) is 7.27. The second kappa shape index (κ2) is 9.69. The molecule has 0 bridgehead atoms. The van der Waals surface area contributed by atoms with Crippen molar-refractivity contribution in [2.45, 2.75) is 39.2 Å². The fourth-order valence-corrected chi connectivity index (χ4v) is 3.38. The predicted molar refractivity (Wildman–Crippen MR) is 102 cm³/mol. The highest BCUT2D eigenvalue weighted by atomic mass is 19.1. The predicted octanol–water partition coefficient (Wildman–Crippen LogP) is 2.42. The van der Waals surface area contributed by atoms with Crippen LogP contribution in [0.3, 0.4) is 0 Å². The number of nitrogens with one attached hydrogen (secondary N) is 2. The quantitative estimate of drug-likeness (QED) is 0.746. The average Bonchev–Trinajstić information content (AvgIpc) is 2.63. The maximum absolute atomic E-state index is 13.6. The van der Waals surface area contributed by atoms with Crippen LogP contribution in [0.5, 0.6) is 0 Å². The molecule has 0 radical (unpaired) electrons. The van der Waals surface area contributed by atoms with Crippen LogP contribution in [0.4, 0.5) is 9.18 Å². The van der Waals surface area contributed by atoms with Gasteiger partial charge >= 0.3 is 6.03 Å². The first-order valence-electron chi connectivity index (χ1n) is 9.40. The Morgan fingerprint density at radius 3 is 2.70 bits per heavy atom. The molecule has 0 saturated carbocycles. The Hall–Kier alpha value is -2.15. The van der Waals surface area contributed by atoms with E-state index in [9.17, 15) is 14.0 Å². The molecule has 0 spiro atoms. The van der Waals surface area contributed by atoms with Crippen LogP contribution in [0.1, 0.15) is 37.3 Å². The first-order valence-corrected chi connectivity index (χ1v) is 9.40. The fraction of sp³-hybridized carbons (Fsp3) is 0.600. The molecular formula is C20H30FN3O3. The van der Waals surface area contributed by atoms with E-state index in [2.05, 4.69) is 10.6 Å². The third kappa shape index (κ3) is 5.92. The molecule has 1 aliphatic heterocycles. The number of rotatable bonds is 6.